The van der Waals surface area contributed by atoms with E-state index >= 15 is 0 Å². The largest absolute Gasteiger partial charge is 0.325 e. The molecule has 1 aliphatic rings. The van der Waals surface area contributed by atoms with E-state index in [0.717, 1.165) is 4.31 Å². The molecule has 29 heavy (non-hydrogen) atoms. The Morgan fingerprint density at radius 3 is 2.34 bits per heavy atom. The van der Waals surface area contributed by atoms with Crippen LogP contribution >= 0.6 is 0 Å². The van der Waals surface area contributed by atoms with E-state index in [2.05, 4.69) is 5.32 Å². The van der Waals surface area contributed by atoms with Crippen LogP contribution in [0.3, 0.4) is 0 Å². The zero-order valence-electron chi connectivity index (χ0n) is 16.0. The van der Waals surface area contributed by atoms with Crippen LogP contribution < -0.4 is 5.32 Å². The SMILES string of the molecule is CC(=O)c1ccc(NC(=O)CN2CCCN(Cc3ccccc3F)S2(=O)=O)cc1. The van der Waals surface area contributed by atoms with Crippen molar-refractivity contribution in [3.8, 4) is 0 Å². The summed E-state index contributed by atoms with van der Waals surface area (Å²) in [4.78, 5) is 23.7. The standard InChI is InChI=1S/C20H22FN3O4S/c1-15(25)16-7-9-18(10-8-16)22-20(26)14-24-12-4-11-23(29(24,27)28)13-17-5-2-3-6-19(17)21/h2-3,5-10H,4,11-14H2,1H3,(H,22,26). The highest BCUT2D eigenvalue weighted by atomic mass is 32.2. The van der Waals surface area contributed by atoms with Crippen LogP contribution in [0.5, 0.6) is 0 Å². The molecule has 0 aromatic heterocycles. The second-order valence-electron chi connectivity index (χ2n) is 6.80. The highest BCUT2D eigenvalue weighted by molar-refractivity contribution is 7.86. The van der Waals surface area contributed by atoms with Gasteiger partial charge in [-0.05, 0) is 43.7 Å². The average Bonchev–Trinajstić information content (AvgIpc) is 2.67. The van der Waals surface area contributed by atoms with Crippen LogP contribution in [0.4, 0.5) is 10.1 Å². The number of Topliss-reactive ketones (excluding diaryl/α,β-unsaturated/α-hetero) is 1. The fourth-order valence-corrected chi connectivity index (χ4v) is 4.73. The number of nitrogens with one attached hydrogen (secondary N) is 1. The summed E-state index contributed by atoms with van der Waals surface area (Å²) < 4.78 is 41.9. The van der Waals surface area contributed by atoms with E-state index in [1.54, 1.807) is 42.5 Å². The third kappa shape index (κ3) is 5.06. The quantitative estimate of drug-likeness (QED) is 0.729. The molecule has 0 spiro atoms. The first-order chi connectivity index (χ1) is 13.8. The van der Waals surface area contributed by atoms with Gasteiger partial charge in [-0.2, -0.15) is 17.0 Å². The molecule has 1 amide bonds. The van der Waals surface area contributed by atoms with Crippen LogP contribution in [0.1, 0.15) is 29.3 Å². The normalized spacial score (nSPS) is 17.0. The number of ketones is 1. The Morgan fingerprint density at radius 2 is 1.69 bits per heavy atom. The second-order valence-corrected chi connectivity index (χ2v) is 8.73. The molecule has 1 N–H and O–H groups in total. The minimum Gasteiger partial charge on any atom is -0.325 e. The molecule has 2 aromatic rings. The van der Waals surface area contributed by atoms with Gasteiger partial charge in [0.25, 0.3) is 10.2 Å². The Hall–Kier alpha value is -2.62. The Kier molecular flexibility index (Phi) is 6.41. The molecule has 0 atom stereocenters. The first-order valence-corrected chi connectivity index (χ1v) is 10.6. The van der Waals surface area contributed by atoms with Crippen LogP contribution in [-0.2, 0) is 21.5 Å². The molecule has 2 aromatic carbocycles. The first-order valence-electron chi connectivity index (χ1n) is 9.17. The van der Waals surface area contributed by atoms with E-state index in [1.165, 1.54) is 17.3 Å². The number of anilines is 1. The molecule has 9 heteroatoms. The predicted molar refractivity (Wildman–Crippen MR) is 107 cm³/mol. The van der Waals surface area contributed by atoms with Crippen LogP contribution in [-0.4, -0.2) is 48.4 Å². The van der Waals surface area contributed by atoms with E-state index in [-0.39, 0.29) is 37.5 Å². The molecule has 3 rings (SSSR count). The van der Waals surface area contributed by atoms with Gasteiger partial charge < -0.3 is 5.32 Å². The van der Waals surface area contributed by atoms with Gasteiger partial charge in [0, 0.05) is 36.4 Å². The maximum Gasteiger partial charge on any atom is 0.282 e. The second kappa shape index (κ2) is 8.81. The van der Waals surface area contributed by atoms with Crippen molar-refractivity contribution < 1.29 is 22.4 Å². The zero-order chi connectivity index (χ0) is 21.0. The van der Waals surface area contributed by atoms with Crippen molar-refractivity contribution >= 4 is 27.6 Å². The van der Waals surface area contributed by atoms with Crippen LogP contribution in [0.15, 0.2) is 48.5 Å². The van der Waals surface area contributed by atoms with Crippen LogP contribution in [0.25, 0.3) is 0 Å². The van der Waals surface area contributed by atoms with Gasteiger partial charge in [-0.25, -0.2) is 4.39 Å². The molecule has 7 nitrogen and oxygen atoms in total. The van der Waals surface area contributed by atoms with Crippen molar-refractivity contribution in [2.24, 2.45) is 0 Å². The third-order valence-electron chi connectivity index (χ3n) is 4.67. The van der Waals surface area contributed by atoms with Crippen molar-refractivity contribution in [3.63, 3.8) is 0 Å². The summed E-state index contributed by atoms with van der Waals surface area (Å²) in [6.07, 6.45) is 0.536. The lowest BCUT2D eigenvalue weighted by Gasteiger charge is -2.34. The number of hydrogen-bond donors (Lipinski definition) is 1. The average molecular weight is 419 g/mol. The Labute approximate surface area is 169 Å². The maximum absolute atomic E-state index is 13.9. The molecule has 1 heterocycles. The number of amides is 1. The molecule has 0 radical (unpaired) electrons. The molecule has 1 aliphatic heterocycles. The van der Waals surface area contributed by atoms with E-state index in [9.17, 15) is 22.4 Å². The molecule has 0 saturated carbocycles. The Morgan fingerprint density at radius 1 is 1.03 bits per heavy atom. The molecule has 1 fully saturated rings. The first kappa shape index (κ1) is 21.1. The van der Waals surface area contributed by atoms with Gasteiger partial charge in [-0.15, -0.1) is 0 Å². The molecular formula is C20H22FN3O4S. The molecular weight excluding hydrogens is 397 g/mol. The monoisotopic (exact) mass is 419 g/mol. The summed E-state index contributed by atoms with van der Waals surface area (Å²) >= 11 is 0. The lowest BCUT2D eigenvalue weighted by atomic mass is 10.1. The minimum atomic E-state index is -3.89. The smallest absolute Gasteiger partial charge is 0.282 e. The highest BCUT2D eigenvalue weighted by Gasteiger charge is 2.35. The molecule has 0 aliphatic carbocycles. The number of benzene rings is 2. The highest BCUT2D eigenvalue weighted by Crippen LogP contribution is 2.20. The number of carbonyl (C=O) groups excluding carboxylic acids is 2. The molecule has 1 saturated heterocycles. The predicted octanol–water partition coefficient (Wildman–Crippen LogP) is 2.42. The summed E-state index contributed by atoms with van der Waals surface area (Å²) in [6, 6.07) is 12.4. The molecule has 0 bridgehead atoms. The van der Waals surface area contributed by atoms with Gasteiger partial charge in [0.05, 0.1) is 6.54 Å². The minimum absolute atomic E-state index is 0.0837. The van der Waals surface area contributed by atoms with Crippen LogP contribution in [0.2, 0.25) is 0 Å². The summed E-state index contributed by atoms with van der Waals surface area (Å²) in [7, 11) is -3.89. The van der Waals surface area contributed by atoms with Gasteiger partial charge >= 0.3 is 0 Å². The van der Waals surface area contributed by atoms with Crippen molar-refractivity contribution in [1.29, 1.82) is 0 Å². The van der Waals surface area contributed by atoms with E-state index in [4.69, 9.17) is 0 Å². The van der Waals surface area contributed by atoms with Gasteiger partial charge in [0.2, 0.25) is 5.91 Å². The lowest BCUT2D eigenvalue weighted by Crippen LogP contribution is -2.51. The van der Waals surface area contributed by atoms with Crippen molar-refractivity contribution in [2.45, 2.75) is 19.9 Å². The third-order valence-corrected chi connectivity index (χ3v) is 6.60. The summed E-state index contributed by atoms with van der Waals surface area (Å²) in [6.45, 7) is 1.50. The van der Waals surface area contributed by atoms with Crippen molar-refractivity contribution in [2.75, 3.05) is 25.0 Å². The van der Waals surface area contributed by atoms with Crippen molar-refractivity contribution in [3.05, 3.63) is 65.5 Å². The Bertz CT molecular complexity index is 1010. The van der Waals surface area contributed by atoms with Gasteiger partial charge in [0.1, 0.15) is 5.82 Å². The van der Waals surface area contributed by atoms with Gasteiger partial charge in [0.15, 0.2) is 5.78 Å². The number of nitrogens with zero attached hydrogens (tertiary/aromatic N) is 2. The van der Waals surface area contributed by atoms with E-state index in [1.807, 2.05) is 0 Å². The zero-order valence-corrected chi connectivity index (χ0v) is 16.8. The summed E-state index contributed by atoms with van der Waals surface area (Å²) in [5.74, 6) is -1.04. The van der Waals surface area contributed by atoms with Gasteiger partial charge in [-0.3, -0.25) is 9.59 Å². The molecule has 154 valence electrons. The maximum atomic E-state index is 13.9. The number of rotatable bonds is 6. The van der Waals surface area contributed by atoms with E-state index < -0.39 is 21.9 Å². The summed E-state index contributed by atoms with van der Waals surface area (Å²) in [5.41, 5.74) is 1.27. The van der Waals surface area contributed by atoms with Crippen LogP contribution in [0, 0.1) is 5.82 Å². The number of carbonyl (C=O) groups is 2. The lowest BCUT2D eigenvalue weighted by molar-refractivity contribution is -0.116. The fraction of sp³-hybridized carbons (Fsp3) is 0.300. The molecule has 0 unspecified atom stereocenters. The fourth-order valence-electron chi connectivity index (χ4n) is 3.10. The topological polar surface area (TPSA) is 86.8 Å². The summed E-state index contributed by atoms with van der Waals surface area (Å²) in [5, 5.41) is 2.63. The van der Waals surface area contributed by atoms with Crippen molar-refractivity contribution in [1.82, 2.24) is 8.61 Å². The van der Waals surface area contributed by atoms with E-state index in [0.29, 0.717) is 17.7 Å². The number of hydrogen-bond acceptors (Lipinski definition) is 4. The Balaban J connectivity index is 1.66. The number of halogens is 1. The van der Waals surface area contributed by atoms with Gasteiger partial charge in [-0.1, -0.05) is 18.2 Å².